The molecule has 13 heavy (non-hydrogen) atoms. The first-order valence-corrected chi connectivity index (χ1v) is 4.98. The van der Waals surface area contributed by atoms with Crippen molar-refractivity contribution in [3.63, 3.8) is 0 Å². The van der Waals surface area contributed by atoms with Gasteiger partial charge in [-0.3, -0.25) is 0 Å². The Morgan fingerprint density at radius 2 is 2.00 bits per heavy atom. The molecule has 0 fully saturated rings. The van der Waals surface area contributed by atoms with Gasteiger partial charge in [0, 0.05) is 17.5 Å². The van der Waals surface area contributed by atoms with Crippen molar-refractivity contribution in [1.82, 2.24) is 4.98 Å². The second-order valence-electron chi connectivity index (χ2n) is 2.70. The largest absolute Gasteiger partial charge is 0.325 e. The van der Waals surface area contributed by atoms with Gasteiger partial charge >= 0.3 is 0 Å². The Morgan fingerprint density at radius 1 is 1.23 bits per heavy atom. The molecule has 0 aliphatic heterocycles. The summed E-state index contributed by atoms with van der Waals surface area (Å²) in [4.78, 5) is 4.39. The van der Waals surface area contributed by atoms with E-state index in [1.54, 1.807) is 11.3 Å². The normalized spacial score (nSPS) is 10.2. The Balaban J connectivity index is 2.36. The Labute approximate surface area is 81.1 Å². The molecular weight excluding hydrogens is 180 g/mol. The number of benzene rings is 1. The van der Waals surface area contributed by atoms with Crippen molar-refractivity contribution in [3.05, 3.63) is 40.7 Å². The summed E-state index contributed by atoms with van der Waals surface area (Å²) in [7, 11) is 0. The average Bonchev–Trinajstić information content (AvgIpc) is 2.67. The van der Waals surface area contributed by atoms with Crippen LogP contribution in [0, 0.1) is 0 Å². The van der Waals surface area contributed by atoms with Gasteiger partial charge in [-0.15, -0.1) is 11.3 Å². The molecule has 1 heterocycles. The first-order chi connectivity index (χ1) is 6.40. The zero-order chi connectivity index (χ0) is 9.10. The maximum absolute atomic E-state index is 5.49. The van der Waals surface area contributed by atoms with Crippen LogP contribution in [0.5, 0.6) is 0 Å². The smallest absolute Gasteiger partial charge is 0.107 e. The van der Waals surface area contributed by atoms with E-state index in [0.717, 1.165) is 16.3 Å². The Morgan fingerprint density at radius 3 is 2.62 bits per heavy atom. The maximum Gasteiger partial charge on any atom is 0.107 e. The summed E-state index contributed by atoms with van der Waals surface area (Å²) in [6, 6.07) is 10.1. The van der Waals surface area contributed by atoms with Crippen molar-refractivity contribution in [1.29, 1.82) is 0 Å². The molecule has 2 rings (SSSR count). The van der Waals surface area contributed by atoms with Crippen molar-refractivity contribution < 1.29 is 0 Å². The van der Waals surface area contributed by atoms with Gasteiger partial charge in [-0.25, -0.2) is 4.98 Å². The van der Waals surface area contributed by atoms with Crippen LogP contribution in [0.3, 0.4) is 0 Å². The monoisotopic (exact) mass is 190 g/mol. The highest BCUT2D eigenvalue weighted by atomic mass is 32.1. The molecule has 0 saturated heterocycles. The first-order valence-electron chi connectivity index (χ1n) is 4.10. The average molecular weight is 190 g/mol. The van der Waals surface area contributed by atoms with E-state index < -0.39 is 0 Å². The van der Waals surface area contributed by atoms with E-state index in [4.69, 9.17) is 5.73 Å². The molecule has 0 amide bonds. The van der Waals surface area contributed by atoms with E-state index in [1.807, 2.05) is 23.6 Å². The molecule has 0 bridgehead atoms. The van der Waals surface area contributed by atoms with Crippen molar-refractivity contribution in [2.75, 3.05) is 0 Å². The molecule has 0 spiro atoms. The fourth-order valence-electron chi connectivity index (χ4n) is 1.15. The lowest BCUT2D eigenvalue weighted by molar-refractivity contribution is 1.04. The molecule has 2 N–H and O–H groups in total. The van der Waals surface area contributed by atoms with E-state index >= 15 is 0 Å². The van der Waals surface area contributed by atoms with E-state index in [-0.39, 0.29) is 0 Å². The molecule has 0 saturated carbocycles. The molecule has 1 aromatic heterocycles. The van der Waals surface area contributed by atoms with Gasteiger partial charge in [0.2, 0.25) is 0 Å². The van der Waals surface area contributed by atoms with Crippen molar-refractivity contribution in [3.8, 4) is 11.3 Å². The van der Waals surface area contributed by atoms with Crippen LogP contribution in [0.4, 0.5) is 0 Å². The molecule has 0 atom stereocenters. The summed E-state index contributed by atoms with van der Waals surface area (Å²) < 4.78 is 0. The minimum absolute atomic E-state index is 0.525. The third-order valence-corrected chi connectivity index (χ3v) is 2.67. The van der Waals surface area contributed by atoms with E-state index in [0.29, 0.717) is 6.54 Å². The van der Waals surface area contributed by atoms with Crippen LogP contribution in [0.1, 0.15) is 5.01 Å². The summed E-state index contributed by atoms with van der Waals surface area (Å²) in [5.74, 6) is 0. The van der Waals surface area contributed by atoms with Crippen LogP contribution in [0.25, 0.3) is 11.3 Å². The van der Waals surface area contributed by atoms with Gasteiger partial charge in [0.05, 0.1) is 5.69 Å². The number of aromatic nitrogens is 1. The Bertz CT molecular complexity index is 381. The van der Waals surface area contributed by atoms with Crippen LogP contribution in [0.2, 0.25) is 0 Å². The summed E-state index contributed by atoms with van der Waals surface area (Å²) in [6.07, 6.45) is 0. The van der Waals surface area contributed by atoms with Crippen LogP contribution in [-0.4, -0.2) is 4.98 Å². The highest BCUT2D eigenvalue weighted by molar-refractivity contribution is 7.09. The summed E-state index contributed by atoms with van der Waals surface area (Å²) in [5, 5.41) is 3.02. The number of hydrogen-bond acceptors (Lipinski definition) is 3. The third kappa shape index (κ3) is 1.76. The predicted octanol–water partition coefficient (Wildman–Crippen LogP) is 2.27. The molecule has 1 aromatic carbocycles. The van der Waals surface area contributed by atoms with Crippen molar-refractivity contribution in [2.45, 2.75) is 6.54 Å². The lowest BCUT2D eigenvalue weighted by Crippen LogP contribution is -1.94. The van der Waals surface area contributed by atoms with Crippen molar-refractivity contribution >= 4 is 11.3 Å². The second-order valence-corrected chi connectivity index (χ2v) is 3.64. The molecule has 0 unspecified atom stereocenters. The van der Waals surface area contributed by atoms with Gasteiger partial charge in [0.1, 0.15) is 5.01 Å². The molecule has 2 nitrogen and oxygen atoms in total. The molecule has 66 valence electrons. The minimum atomic E-state index is 0.525. The fraction of sp³-hybridized carbons (Fsp3) is 0.100. The van der Waals surface area contributed by atoms with Crippen LogP contribution < -0.4 is 5.73 Å². The topological polar surface area (TPSA) is 38.9 Å². The van der Waals surface area contributed by atoms with Gasteiger partial charge in [0.25, 0.3) is 0 Å². The van der Waals surface area contributed by atoms with E-state index in [2.05, 4.69) is 17.1 Å². The zero-order valence-electron chi connectivity index (χ0n) is 7.10. The van der Waals surface area contributed by atoms with Crippen LogP contribution >= 0.6 is 11.3 Å². The van der Waals surface area contributed by atoms with E-state index in [9.17, 15) is 0 Å². The van der Waals surface area contributed by atoms with Gasteiger partial charge in [-0.2, -0.15) is 0 Å². The predicted molar refractivity (Wildman–Crippen MR) is 55.4 cm³/mol. The molecular formula is C10H10N2S. The van der Waals surface area contributed by atoms with E-state index in [1.165, 1.54) is 0 Å². The maximum atomic E-state index is 5.49. The number of hydrogen-bond donors (Lipinski definition) is 1. The zero-order valence-corrected chi connectivity index (χ0v) is 7.92. The first kappa shape index (κ1) is 8.41. The summed E-state index contributed by atoms with van der Waals surface area (Å²) in [6.45, 7) is 0.525. The summed E-state index contributed by atoms with van der Waals surface area (Å²) >= 11 is 1.61. The number of rotatable bonds is 2. The standard InChI is InChI=1S/C10H10N2S/c11-6-10-12-9(7-13-10)8-4-2-1-3-5-8/h1-5,7H,6,11H2. The van der Waals surface area contributed by atoms with Gasteiger partial charge in [-0.05, 0) is 0 Å². The van der Waals surface area contributed by atoms with Gasteiger partial charge in [-0.1, -0.05) is 30.3 Å². The van der Waals surface area contributed by atoms with Crippen molar-refractivity contribution in [2.24, 2.45) is 5.73 Å². The van der Waals surface area contributed by atoms with Gasteiger partial charge in [0.15, 0.2) is 0 Å². The fourth-order valence-corrected chi connectivity index (χ4v) is 1.83. The molecule has 3 heteroatoms. The molecule has 0 aliphatic carbocycles. The highest BCUT2D eigenvalue weighted by Crippen LogP contribution is 2.20. The highest BCUT2D eigenvalue weighted by Gasteiger charge is 2.01. The van der Waals surface area contributed by atoms with Crippen LogP contribution in [0.15, 0.2) is 35.7 Å². The molecule has 2 aromatic rings. The van der Waals surface area contributed by atoms with Gasteiger partial charge < -0.3 is 5.73 Å². The lowest BCUT2D eigenvalue weighted by atomic mass is 10.2. The number of nitrogens with zero attached hydrogens (tertiary/aromatic N) is 1. The molecule has 0 radical (unpaired) electrons. The molecule has 0 aliphatic rings. The second kappa shape index (κ2) is 3.68. The lowest BCUT2D eigenvalue weighted by Gasteiger charge is -1.93. The number of thiazole rings is 1. The van der Waals surface area contributed by atoms with Crippen LogP contribution in [-0.2, 0) is 6.54 Å². The SMILES string of the molecule is NCc1nc(-c2ccccc2)cs1. The number of nitrogens with two attached hydrogens (primary N) is 1. The minimum Gasteiger partial charge on any atom is -0.325 e. The third-order valence-electron chi connectivity index (χ3n) is 1.80. The quantitative estimate of drug-likeness (QED) is 0.789. The Hall–Kier alpha value is -1.19. The Kier molecular flexibility index (Phi) is 2.38. The summed E-state index contributed by atoms with van der Waals surface area (Å²) in [5.41, 5.74) is 7.66.